The minimum Gasteiger partial charge on any atom is -0.0836 e. The number of hydrogen-bond acceptors (Lipinski definition) is 0. The summed E-state index contributed by atoms with van der Waals surface area (Å²) in [5, 5.41) is 0. The molecule has 5 aliphatic carbocycles. The van der Waals surface area contributed by atoms with Crippen molar-refractivity contribution in [3.05, 3.63) is 94.2 Å². The third-order valence-electron chi connectivity index (χ3n) is 5.11. The van der Waals surface area contributed by atoms with Gasteiger partial charge in [0, 0.05) is 5.41 Å². The molecule has 0 saturated carbocycles. The Morgan fingerprint density at radius 2 is 2.10 bits per heavy atom. The van der Waals surface area contributed by atoms with Crippen molar-refractivity contribution in [2.45, 2.75) is 19.3 Å². The van der Waals surface area contributed by atoms with Crippen LogP contribution in [0.3, 0.4) is 0 Å². The van der Waals surface area contributed by atoms with Gasteiger partial charge in [0.1, 0.15) is 0 Å². The van der Waals surface area contributed by atoms with E-state index in [1.165, 1.54) is 33.4 Å². The minimum atomic E-state index is 0.0740. The monoisotopic (exact) mass is 255 g/mol. The van der Waals surface area contributed by atoms with Gasteiger partial charge >= 0.3 is 0 Å². The van der Waals surface area contributed by atoms with E-state index in [9.17, 15) is 0 Å². The Balaban J connectivity index is 1.82. The number of rotatable bonds is 0. The van der Waals surface area contributed by atoms with Gasteiger partial charge in [-0.2, -0.15) is 0 Å². The topological polar surface area (TPSA) is 0 Å². The van der Waals surface area contributed by atoms with Gasteiger partial charge < -0.3 is 0 Å². The van der Waals surface area contributed by atoms with E-state index in [2.05, 4.69) is 60.8 Å². The maximum atomic E-state index is 3.59. The van der Waals surface area contributed by atoms with Crippen molar-refractivity contribution in [1.82, 2.24) is 0 Å². The summed E-state index contributed by atoms with van der Waals surface area (Å²) < 4.78 is 0. The van der Waals surface area contributed by atoms with Crippen molar-refractivity contribution in [3.63, 3.8) is 0 Å². The summed E-state index contributed by atoms with van der Waals surface area (Å²) in [4.78, 5) is 0. The SMILES string of the molecule is [C]1=CC2=CC=CCC23C=CC=C2C4=C(CCC=C4)C1=C23. The molecular formula is C20H15. The van der Waals surface area contributed by atoms with Crippen LogP contribution in [-0.2, 0) is 0 Å². The highest BCUT2D eigenvalue weighted by Crippen LogP contribution is 2.58. The Morgan fingerprint density at radius 1 is 1.10 bits per heavy atom. The summed E-state index contributed by atoms with van der Waals surface area (Å²) in [6.07, 6.45) is 27.5. The van der Waals surface area contributed by atoms with Crippen molar-refractivity contribution < 1.29 is 0 Å². The fourth-order valence-corrected chi connectivity index (χ4v) is 4.21. The average Bonchev–Trinajstić information content (AvgIpc) is 2.84. The lowest BCUT2D eigenvalue weighted by Gasteiger charge is -2.40. The van der Waals surface area contributed by atoms with Gasteiger partial charge in [-0.1, -0.05) is 48.6 Å². The van der Waals surface area contributed by atoms with Crippen molar-refractivity contribution in [2.24, 2.45) is 5.41 Å². The number of fused-ring (bicyclic) bond motifs is 2. The standard InChI is InChI=1S/C20H15/c1-2-8-16-15(7-1)17-9-5-13-20-12-4-3-6-14(20)10-11-18(16)19(17)20/h1,3-7,9-10,13H,2,8,12H2. The highest BCUT2D eigenvalue weighted by atomic mass is 14.5. The molecule has 0 nitrogen and oxygen atoms in total. The highest BCUT2D eigenvalue weighted by Gasteiger charge is 2.45. The van der Waals surface area contributed by atoms with E-state index in [4.69, 9.17) is 0 Å². The van der Waals surface area contributed by atoms with Crippen LogP contribution in [0.15, 0.2) is 88.1 Å². The molecule has 1 radical (unpaired) electrons. The van der Waals surface area contributed by atoms with Crippen LogP contribution >= 0.6 is 0 Å². The first-order valence-electron chi connectivity index (χ1n) is 7.42. The molecule has 0 fully saturated rings. The summed E-state index contributed by atoms with van der Waals surface area (Å²) in [5.74, 6) is 0. The normalized spacial score (nSPS) is 32.0. The molecule has 5 aliphatic rings. The second kappa shape index (κ2) is 3.52. The van der Waals surface area contributed by atoms with Gasteiger partial charge in [-0.3, -0.25) is 0 Å². The van der Waals surface area contributed by atoms with Gasteiger partial charge in [0.2, 0.25) is 0 Å². The van der Waals surface area contributed by atoms with E-state index in [1.807, 2.05) is 0 Å². The molecule has 5 rings (SSSR count). The average molecular weight is 255 g/mol. The molecular weight excluding hydrogens is 240 g/mol. The first-order chi connectivity index (χ1) is 9.90. The first-order valence-corrected chi connectivity index (χ1v) is 7.42. The molecule has 0 aliphatic heterocycles. The van der Waals surface area contributed by atoms with Gasteiger partial charge in [-0.25, -0.2) is 0 Å². The van der Waals surface area contributed by atoms with Crippen LogP contribution in [0.5, 0.6) is 0 Å². The lowest BCUT2D eigenvalue weighted by atomic mass is 9.62. The summed E-state index contributed by atoms with van der Waals surface area (Å²) >= 11 is 0. The number of allylic oxidation sites excluding steroid dienone is 16. The van der Waals surface area contributed by atoms with Crippen LogP contribution in [0.2, 0.25) is 0 Å². The summed E-state index contributed by atoms with van der Waals surface area (Å²) in [7, 11) is 0. The van der Waals surface area contributed by atoms with Crippen molar-refractivity contribution in [2.75, 3.05) is 0 Å². The van der Waals surface area contributed by atoms with Crippen LogP contribution in [0.25, 0.3) is 0 Å². The summed E-state index contributed by atoms with van der Waals surface area (Å²) in [6.45, 7) is 0. The third-order valence-corrected chi connectivity index (χ3v) is 5.11. The molecule has 20 heavy (non-hydrogen) atoms. The van der Waals surface area contributed by atoms with E-state index >= 15 is 0 Å². The molecule has 0 bridgehead atoms. The maximum absolute atomic E-state index is 3.59. The van der Waals surface area contributed by atoms with E-state index in [0.717, 1.165) is 19.3 Å². The molecule has 1 atom stereocenters. The van der Waals surface area contributed by atoms with Crippen LogP contribution in [0.1, 0.15) is 19.3 Å². The van der Waals surface area contributed by atoms with E-state index < -0.39 is 0 Å². The zero-order valence-corrected chi connectivity index (χ0v) is 11.3. The third kappa shape index (κ3) is 1.09. The predicted molar refractivity (Wildman–Crippen MR) is 81.7 cm³/mol. The maximum Gasteiger partial charge on any atom is 0.0432 e. The van der Waals surface area contributed by atoms with E-state index in [0.29, 0.717) is 0 Å². The quantitative estimate of drug-likeness (QED) is 0.589. The molecule has 1 unspecified atom stereocenters. The second-order valence-electron chi connectivity index (χ2n) is 6.04. The van der Waals surface area contributed by atoms with E-state index in [-0.39, 0.29) is 5.41 Å². The molecule has 95 valence electrons. The Morgan fingerprint density at radius 3 is 3.10 bits per heavy atom. The molecule has 0 aromatic rings. The first kappa shape index (κ1) is 10.7. The minimum absolute atomic E-state index is 0.0740. The molecule has 0 amide bonds. The highest BCUT2D eigenvalue weighted by molar-refractivity contribution is 5.77. The summed E-state index contributed by atoms with van der Waals surface area (Å²) in [6, 6.07) is 0. The molecule has 0 saturated heterocycles. The number of hydrogen-bond donors (Lipinski definition) is 0. The van der Waals surface area contributed by atoms with Crippen LogP contribution in [0.4, 0.5) is 0 Å². The molecule has 0 aromatic carbocycles. The smallest absolute Gasteiger partial charge is 0.0432 e. The zero-order valence-electron chi connectivity index (χ0n) is 11.3. The van der Waals surface area contributed by atoms with Crippen LogP contribution < -0.4 is 0 Å². The molecule has 0 N–H and O–H groups in total. The Kier molecular flexibility index (Phi) is 1.88. The largest absolute Gasteiger partial charge is 0.0836 e. The fraction of sp³-hybridized carbons (Fsp3) is 0.200. The van der Waals surface area contributed by atoms with Gasteiger partial charge in [0.25, 0.3) is 0 Å². The van der Waals surface area contributed by atoms with Gasteiger partial charge in [-0.05, 0) is 64.9 Å². The van der Waals surface area contributed by atoms with Crippen LogP contribution in [0, 0.1) is 11.5 Å². The Labute approximate surface area is 119 Å². The predicted octanol–water partition coefficient (Wildman–Crippen LogP) is 4.69. The van der Waals surface area contributed by atoms with Crippen molar-refractivity contribution in [3.8, 4) is 0 Å². The zero-order chi connectivity index (χ0) is 13.2. The molecule has 0 aromatic heterocycles. The van der Waals surface area contributed by atoms with Gasteiger partial charge in [-0.15, -0.1) is 0 Å². The van der Waals surface area contributed by atoms with Crippen molar-refractivity contribution >= 4 is 0 Å². The summed E-state index contributed by atoms with van der Waals surface area (Å²) in [5.41, 5.74) is 8.76. The van der Waals surface area contributed by atoms with Crippen molar-refractivity contribution in [1.29, 1.82) is 0 Å². The van der Waals surface area contributed by atoms with Gasteiger partial charge in [0.15, 0.2) is 0 Å². The molecule has 0 heterocycles. The van der Waals surface area contributed by atoms with Crippen LogP contribution in [-0.4, -0.2) is 0 Å². The molecule has 0 heteroatoms. The molecule has 1 spiro atoms. The van der Waals surface area contributed by atoms with Gasteiger partial charge in [0.05, 0.1) is 0 Å². The lowest BCUT2D eigenvalue weighted by molar-refractivity contribution is 0.560. The Bertz CT molecular complexity index is 769. The van der Waals surface area contributed by atoms with E-state index in [1.54, 1.807) is 0 Å². The fourth-order valence-electron chi connectivity index (χ4n) is 4.21. The Hall–Kier alpha value is -2.08. The second-order valence-corrected chi connectivity index (χ2v) is 6.04. The lowest BCUT2D eigenvalue weighted by Crippen LogP contribution is -2.28.